The van der Waals surface area contributed by atoms with E-state index in [1.807, 2.05) is 12.1 Å². The van der Waals surface area contributed by atoms with Gasteiger partial charge in [0.2, 0.25) is 10.0 Å². The summed E-state index contributed by atoms with van der Waals surface area (Å²) in [6.45, 7) is 1.95. The van der Waals surface area contributed by atoms with E-state index in [0.717, 1.165) is 11.8 Å². The van der Waals surface area contributed by atoms with Crippen molar-refractivity contribution in [3.05, 3.63) is 30.1 Å². The molecule has 1 aromatic heterocycles. The quantitative estimate of drug-likeness (QED) is 0.828. The van der Waals surface area contributed by atoms with Gasteiger partial charge >= 0.3 is 5.97 Å². The lowest BCUT2D eigenvalue weighted by atomic mass is 9.81. The van der Waals surface area contributed by atoms with Gasteiger partial charge in [0.25, 0.3) is 0 Å². The molecule has 2 atom stereocenters. The molecule has 2 saturated heterocycles. The van der Waals surface area contributed by atoms with E-state index in [9.17, 15) is 18.3 Å². The minimum absolute atomic E-state index is 0.0649. The second-order valence-corrected chi connectivity index (χ2v) is 8.23. The molecule has 7 nitrogen and oxygen atoms in total. The van der Waals surface area contributed by atoms with E-state index in [2.05, 4.69) is 9.88 Å². The number of aromatic nitrogens is 1. The maximum atomic E-state index is 11.8. The average Bonchev–Trinajstić information content (AvgIpc) is 2.94. The highest BCUT2D eigenvalue weighted by Crippen LogP contribution is 2.43. The standard InChI is InChI=1S/C14H19N3O4S/c1-22(20,21)17-8-12-7-16(6-11-3-2-4-15-5-11)9-14(12,10-17)13(18)19/h2-5,12H,6-10H2,1H3,(H,18,19). The van der Waals surface area contributed by atoms with Crippen LogP contribution in [-0.4, -0.2) is 66.1 Å². The second kappa shape index (κ2) is 5.29. The summed E-state index contributed by atoms with van der Waals surface area (Å²) in [5.74, 6) is -1.08. The van der Waals surface area contributed by atoms with Gasteiger partial charge in [0.1, 0.15) is 0 Å². The Bertz CT molecular complexity index is 679. The maximum absolute atomic E-state index is 11.8. The molecule has 0 aliphatic carbocycles. The fraction of sp³-hybridized carbons (Fsp3) is 0.571. The number of fused-ring (bicyclic) bond motifs is 1. The molecule has 0 aromatic carbocycles. The van der Waals surface area contributed by atoms with Crippen molar-refractivity contribution in [1.82, 2.24) is 14.2 Å². The highest BCUT2D eigenvalue weighted by molar-refractivity contribution is 7.88. The number of hydrogen-bond donors (Lipinski definition) is 1. The molecule has 2 unspecified atom stereocenters. The van der Waals surface area contributed by atoms with Gasteiger partial charge in [0.05, 0.1) is 11.7 Å². The van der Waals surface area contributed by atoms with E-state index >= 15 is 0 Å². The van der Waals surface area contributed by atoms with Crippen molar-refractivity contribution in [2.45, 2.75) is 6.54 Å². The number of sulfonamides is 1. The molecule has 0 radical (unpaired) electrons. The Hall–Kier alpha value is -1.51. The third-order valence-corrected chi connectivity index (χ3v) is 5.89. The van der Waals surface area contributed by atoms with Crippen LogP contribution in [0.25, 0.3) is 0 Å². The second-order valence-electron chi connectivity index (χ2n) is 6.24. The smallest absolute Gasteiger partial charge is 0.312 e. The number of aliphatic carboxylic acids is 1. The van der Waals surface area contributed by atoms with Crippen molar-refractivity contribution in [3.63, 3.8) is 0 Å². The molecule has 3 heterocycles. The van der Waals surface area contributed by atoms with Crippen molar-refractivity contribution >= 4 is 16.0 Å². The molecule has 3 rings (SSSR count). The van der Waals surface area contributed by atoms with E-state index in [-0.39, 0.29) is 19.0 Å². The molecule has 0 bridgehead atoms. The number of carbonyl (C=O) groups is 1. The van der Waals surface area contributed by atoms with Crippen LogP contribution in [0.3, 0.4) is 0 Å². The van der Waals surface area contributed by atoms with Crippen molar-refractivity contribution < 1.29 is 18.3 Å². The Balaban J connectivity index is 1.78. The lowest BCUT2D eigenvalue weighted by Crippen LogP contribution is -2.41. The molecule has 1 N–H and O–H groups in total. The van der Waals surface area contributed by atoms with Gasteiger partial charge in [-0.3, -0.25) is 14.7 Å². The third kappa shape index (κ3) is 2.62. The summed E-state index contributed by atoms with van der Waals surface area (Å²) < 4.78 is 24.7. The maximum Gasteiger partial charge on any atom is 0.312 e. The zero-order valence-electron chi connectivity index (χ0n) is 12.3. The van der Waals surface area contributed by atoms with E-state index in [1.54, 1.807) is 12.4 Å². The van der Waals surface area contributed by atoms with Crippen LogP contribution in [0.15, 0.2) is 24.5 Å². The van der Waals surface area contributed by atoms with Gasteiger partial charge in [0.15, 0.2) is 0 Å². The molecule has 2 fully saturated rings. The van der Waals surface area contributed by atoms with Crippen LogP contribution >= 0.6 is 0 Å². The summed E-state index contributed by atoms with van der Waals surface area (Å²) in [5, 5.41) is 9.68. The fourth-order valence-corrected chi connectivity index (χ4v) is 4.46. The monoisotopic (exact) mass is 325 g/mol. The van der Waals surface area contributed by atoms with Gasteiger partial charge in [-0.15, -0.1) is 0 Å². The van der Waals surface area contributed by atoms with E-state index < -0.39 is 21.4 Å². The molecule has 0 spiro atoms. The molecule has 0 saturated carbocycles. The van der Waals surface area contributed by atoms with E-state index in [4.69, 9.17) is 0 Å². The molecule has 8 heteroatoms. The number of pyridine rings is 1. The van der Waals surface area contributed by atoms with Crippen LogP contribution in [-0.2, 0) is 21.4 Å². The lowest BCUT2D eigenvalue weighted by molar-refractivity contribution is -0.148. The van der Waals surface area contributed by atoms with Crippen LogP contribution in [0.5, 0.6) is 0 Å². The Morgan fingerprint density at radius 2 is 2.23 bits per heavy atom. The number of likely N-dealkylation sites (tertiary alicyclic amines) is 1. The van der Waals surface area contributed by atoms with Gasteiger partial charge in [-0.25, -0.2) is 12.7 Å². The largest absolute Gasteiger partial charge is 0.481 e. The zero-order chi connectivity index (χ0) is 16.0. The van der Waals surface area contributed by atoms with E-state index in [0.29, 0.717) is 19.6 Å². The van der Waals surface area contributed by atoms with Crippen molar-refractivity contribution in [1.29, 1.82) is 0 Å². The first kappa shape index (κ1) is 15.4. The number of carboxylic acid groups (broad SMARTS) is 1. The van der Waals surface area contributed by atoms with Crippen molar-refractivity contribution in [2.24, 2.45) is 11.3 Å². The van der Waals surface area contributed by atoms with Crippen molar-refractivity contribution in [2.75, 3.05) is 32.4 Å². The van der Waals surface area contributed by atoms with Gasteiger partial charge in [-0.2, -0.15) is 0 Å². The summed E-state index contributed by atoms with van der Waals surface area (Å²) in [6.07, 6.45) is 4.60. The summed E-state index contributed by atoms with van der Waals surface area (Å²) in [6, 6.07) is 3.81. The lowest BCUT2D eigenvalue weighted by Gasteiger charge is -2.24. The highest BCUT2D eigenvalue weighted by atomic mass is 32.2. The summed E-state index contributed by atoms with van der Waals surface area (Å²) in [7, 11) is -3.35. The first-order chi connectivity index (χ1) is 10.3. The summed E-state index contributed by atoms with van der Waals surface area (Å²) in [4.78, 5) is 18.0. The zero-order valence-corrected chi connectivity index (χ0v) is 13.2. The van der Waals surface area contributed by atoms with Crippen LogP contribution < -0.4 is 0 Å². The van der Waals surface area contributed by atoms with Crippen LogP contribution in [0.1, 0.15) is 5.56 Å². The molecular weight excluding hydrogens is 306 g/mol. The topological polar surface area (TPSA) is 90.8 Å². The average molecular weight is 325 g/mol. The molecule has 0 amide bonds. The first-order valence-corrected chi connectivity index (χ1v) is 8.96. The molecule has 120 valence electrons. The van der Waals surface area contributed by atoms with Gasteiger partial charge in [0, 0.05) is 51.0 Å². The van der Waals surface area contributed by atoms with E-state index in [1.165, 1.54) is 4.31 Å². The molecule has 1 aromatic rings. The predicted octanol–water partition coefficient (Wildman–Crippen LogP) is -0.140. The van der Waals surface area contributed by atoms with Gasteiger partial charge in [-0.1, -0.05) is 6.07 Å². The SMILES string of the molecule is CS(=O)(=O)N1CC2CN(Cc3cccnc3)CC2(C(=O)O)C1. The Kier molecular flexibility index (Phi) is 3.70. The summed E-state index contributed by atoms with van der Waals surface area (Å²) >= 11 is 0. The van der Waals surface area contributed by atoms with Gasteiger partial charge in [-0.05, 0) is 11.6 Å². The number of nitrogens with zero attached hydrogens (tertiary/aromatic N) is 3. The minimum atomic E-state index is -3.35. The Labute approximate surface area is 129 Å². The molecule has 2 aliphatic rings. The van der Waals surface area contributed by atoms with Gasteiger partial charge < -0.3 is 5.11 Å². The van der Waals surface area contributed by atoms with Crippen molar-refractivity contribution in [3.8, 4) is 0 Å². The first-order valence-electron chi connectivity index (χ1n) is 7.11. The highest BCUT2D eigenvalue weighted by Gasteiger charge is 2.58. The fourth-order valence-electron chi connectivity index (χ4n) is 3.55. The summed E-state index contributed by atoms with van der Waals surface area (Å²) in [5.41, 5.74) is 0.0358. The number of rotatable bonds is 4. The minimum Gasteiger partial charge on any atom is -0.481 e. The normalized spacial score (nSPS) is 29.6. The van der Waals surface area contributed by atoms with Crippen LogP contribution in [0.2, 0.25) is 0 Å². The van der Waals surface area contributed by atoms with Crippen LogP contribution in [0.4, 0.5) is 0 Å². The Morgan fingerprint density at radius 3 is 2.77 bits per heavy atom. The number of hydrogen-bond acceptors (Lipinski definition) is 5. The molecule has 22 heavy (non-hydrogen) atoms. The molecular formula is C14H19N3O4S. The van der Waals surface area contributed by atoms with Crippen LogP contribution in [0, 0.1) is 11.3 Å². The Morgan fingerprint density at radius 1 is 1.45 bits per heavy atom. The molecule has 2 aliphatic heterocycles. The third-order valence-electron chi connectivity index (χ3n) is 4.67. The predicted molar refractivity (Wildman–Crippen MR) is 79.5 cm³/mol. The number of carboxylic acids is 1.